The molecule has 1 aromatic carbocycles. The molecule has 0 atom stereocenters. The number of hydrogen-bond donors (Lipinski definition) is 1. The van der Waals surface area contributed by atoms with Crippen LogP contribution in [-0.2, 0) is 0 Å². The quantitative estimate of drug-likeness (QED) is 0.642. The van der Waals surface area contributed by atoms with E-state index < -0.39 is 5.82 Å². The molecule has 0 amide bonds. The largest absolute Gasteiger partial charge is 0.399 e. The van der Waals surface area contributed by atoms with Gasteiger partial charge in [0, 0.05) is 5.69 Å². The van der Waals surface area contributed by atoms with Crippen LogP contribution in [0, 0.1) is 5.82 Å². The van der Waals surface area contributed by atoms with Crippen LogP contribution in [-0.4, -0.2) is 20.2 Å². The average Bonchev–Trinajstić information content (AvgIpc) is 2.56. The van der Waals surface area contributed by atoms with Crippen molar-refractivity contribution in [3.05, 3.63) is 30.3 Å². The molecule has 0 saturated carbocycles. The number of nitrogens with zero attached hydrogens (tertiary/aromatic N) is 4. The Morgan fingerprint density at radius 3 is 2.85 bits per heavy atom. The molecule has 1 heterocycles. The molecular formula is C7H6FN5. The van der Waals surface area contributed by atoms with Gasteiger partial charge in [-0.3, -0.25) is 0 Å². The highest BCUT2D eigenvalue weighted by Crippen LogP contribution is 2.13. The predicted molar refractivity (Wildman–Crippen MR) is 43.5 cm³/mol. The number of benzene rings is 1. The minimum absolute atomic E-state index is 0.228. The van der Waals surface area contributed by atoms with Crippen molar-refractivity contribution in [1.29, 1.82) is 0 Å². The van der Waals surface area contributed by atoms with Gasteiger partial charge in [-0.25, -0.2) is 4.39 Å². The second-order valence-corrected chi connectivity index (χ2v) is 2.44. The van der Waals surface area contributed by atoms with Gasteiger partial charge in [0.05, 0.1) is 0 Å². The Bertz CT molecular complexity index is 411. The zero-order chi connectivity index (χ0) is 9.26. The fourth-order valence-electron chi connectivity index (χ4n) is 0.963. The van der Waals surface area contributed by atoms with Gasteiger partial charge in [0.25, 0.3) is 0 Å². The maximum absolute atomic E-state index is 13.2. The fourth-order valence-corrected chi connectivity index (χ4v) is 0.963. The normalized spacial score (nSPS) is 10.2. The fraction of sp³-hybridized carbons (Fsp3) is 0. The lowest BCUT2D eigenvalue weighted by atomic mass is 10.3. The zero-order valence-electron chi connectivity index (χ0n) is 6.55. The van der Waals surface area contributed by atoms with E-state index in [1.807, 2.05) is 0 Å². The van der Waals surface area contributed by atoms with Gasteiger partial charge < -0.3 is 5.73 Å². The predicted octanol–water partition coefficient (Wildman–Crippen LogP) is 0.384. The summed E-state index contributed by atoms with van der Waals surface area (Å²) in [5.41, 5.74) is 5.97. The van der Waals surface area contributed by atoms with Gasteiger partial charge in [0.2, 0.25) is 0 Å². The van der Waals surface area contributed by atoms with Crippen LogP contribution in [0.4, 0.5) is 10.1 Å². The molecule has 0 aliphatic carbocycles. The van der Waals surface area contributed by atoms with Crippen molar-refractivity contribution in [2.24, 2.45) is 0 Å². The molecule has 1 aromatic heterocycles. The average molecular weight is 179 g/mol. The Hall–Kier alpha value is -1.98. The molecule has 13 heavy (non-hydrogen) atoms. The minimum Gasteiger partial charge on any atom is -0.399 e. The van der Waals surface area contributed by atoms with Crippen molar-refractivity contribution in [3.8, 4) is 5.69 Å². The van der Waals surface area contributed by atoms with Gasteiger partial charge in [-0.15, -0.1) is 15.0 Å². The van der Waals surface area contributed by atoms with E-state index in [1.165, 1.54) is 18.5 Å². The number of nitrogens with two attached hydrogens (primary N) is 1. The molecule has 0 unspecified atom stereocenters. The summed E-state index contributed by atoms with van der Waals surface area (Å²) in [6.07, 6.45) is 1.23. The van der Waals surface area contributed by atoms with Crippen LogP contribution < -0.4 is 5.73 Å². The highest BCUT2D eigenvalue weighted by Gasteiger charge is 2.05. The van der Waals surface area contributed by atoms with Crippen LogP contribution in [0.2, 0.25) is 0 Å². The highest BCUT2D eigenvalue weighted by molar-refractivity contribution is 5.45. The summed E-state index contributed by atoms with van der Waals surface area (Å²) in [7, 11) is 0. The van der Waals surface area contributed by atoms with Crippen LogP contribution >= 0.6 is 0 Å². The standard InChI is InChI=1S/C7H6FN5/c8-6-3-5(9)1-2-7(6)13-11-4-10-12-13/h1-4H,9H2. The summed E-state index contributed by atoms with van der Waals surface area (Å²) in [4.78, 5) is 1.09. The first-order chi connectivity index (χ1) is 6.27. The molecule has 0 aliphatic heterocycles. The van der Waals surface area contributed by atoms with E-state index in [0.717, 1.165) is 4.80 Å². The molecule has 66 valence electrons. The van der Waals surface area contributed by atoms with E-state index in [1.54, 1.807) is 6.07 Å². The molecule has 0 fully saturated rings. The summed E-state index contributed by atoms with van der Waals surface area (Å²) in [5.74, 6) is -0.474. The Labute approximate surface area is 73.0 Å². The number of halogens is 1. The van der Waals surface area contributed by atoms with Gasteiger partial charge in [-0.1, -0.05) is 0 Å². The summed E-state index contributed by atoms with van der Waals surface area (Å²) >= 11 is 0. The van der Waals surface area contributed by atoms with E-state index in [9.17, 15) is 4.39 Å². The number of tetrazole rings is 1. The number of aromatic nitrogens is 4. The van der Waals surface area contributed by atoms with Crippen molar-refractivity contribution in [3.63, 3.8) is 0 Å². The van der Waals surface area contributed by atoms with Crippen LogP contribution in [0.5, 0.6) is 0 Å². The molecular weight excluding hydrogens is 173 g/mol. The molecule has 2 N–H and O–H groups in total. The number of hydrogen-bond acceptors (Lipinski definition) is 4. The first-order valence-corrected chi connectivity index (χ1v) is 3.56. The Balaban J connectivity index is 2.53. The van der Waals surface area contributed by atoms with E-state index in [4.69, 9.17) is 5.73 Å². The van der Waals surface area contributed by atoms with E-state index in [0.29, 0.717) is 5.69 Å². The molecule has 5 nitrogen and oxygen atoms in total. The van der Waals surface area contributed by atoms with Crippen molar-refractivity contribution in [1.82, 2.24) is 20.2 Å². The molecule has 0 saturated heterocycles. The van der Waals surface area contributed by atoms with Crippen LogP contribution in [0.25, 0.3) is 5.69 Å². The summed E-state index contributed by atoms with van der Waals surface area (Å²) in [6.45, 7) is 0. The van der Waals surface area contributed by atoms with Gasteiger partial charge in [-0.2, -0.15) is 0 Å². The highest BCUT2D eigenvalue weighted by atomic mass is 19.1. The summed E-state index contributed by atoms with van der Waals surface area (Å²) < 4.78 is 13.2. The van der Waals surface area contributed by atoms with Crippen LogP contribution in [0.1, 0.15) is 0 Å². The third-order valence-corrected chi connectivity index (χ3v) is 1.54. The molecule has 0 bridgehead atoms. The summed E-state index contributed by atoms with van der Waals surface area (Å²) in [5, 5.41) is 10.7. The molecule has 0 aliphatic rings. The van der Waals surface area contributed by atoms with Crippen molar-refractivity contribution in [2.75, 3.05) is 5.73 Å². The number of nitrogen functional groups attached to an aromatic ring is 1. The first kappa shape index (κ1) is 7.66. The minimum atomic E-state index is -0.474. The molecule has 0 spiro atoms. The van der Waals surface area contributed by atoms with Crippen molar-refractivity contribution < 1.29 is 4.39 Å². The van der Waals surface area contributed by atoms with Gasteiger partial charge in [-0.05, 0) is 23.4 Å². The smallest absolute Gasteiger partial charge is 0.162 e. The topological polar surface area (TPSA) is 69.6 Å². The van der Waals surface area contributed by atoms with Crippen LogP contribution in [0.15, 0.2) is 24.5 Å². The van der Waals surface area contributed by atoms with Gasteiger partial charge in [0.1, 0.15) is 5.69 Å². The summed E-state index contributed by atoms with van der Waals surface area (Å²) in [6, 6.07) is 4.27. The maximum atomic E-state index is 13.2. The SMILES string of the molecule is Nc1ccc(-n2ncnn2)c(F)c1. The maximum Gasteiger partial charge on any atom is 0.162 e. The first-order valence-electron chi connectivity index (χ1n) is 3.56. The number of rotatable bonds is 1. The molecule has 2 rings (SSSR count). The second kappa shape index (κ2) is 2.81. The monoisotopic (exact) mass is 179 g/mol. The lowest BCUT2D eigenvalue weighted by Crippen LogP contribution is -2.02. The lowest BCUT2D eigenvalue weighted by molar-refractivity contribution is 0.592. The Morgan fingerprint density at radius 2 is 2.23 bits per heavy atom. The lowest BCUT2D eigenvalue weighted by Gasteiger charge is -2.00. The van der Waals surface area contributed by atoms with Crippen molar-refractivity contribution >= 4 is 5.69 Å². The molecule has 0 radical (unpaired) electrons. The Morgan fingerprint density at radius 1 is 1.38 bits per heavy atom. The van der Waals surface area contributed by atoms with E-state index >= 15 is 0 Å². The van der Waals surface area contributed by atoms with Gasteiger partial charge in [0.15, 0.2) is 12.1 Å². The molecule has 6 heteroatoms. The van der Waals surface area contributed by atoms with E-state index in [-0.39, 0.29) is 5.69 Å². The molecule has 2 aromatic rings. The second-order valence-electron chi connectivity index (χ2n) is 2.44. The van der Waals surface area contributed by atoms with E-state index in [2.05, 4.69) is 15.4 Å². The Kier molecular flexibility index (Phi) is 1.66. The third kappa shape index (κ3) is 1.33. The zero-order valence-corrected chi connectivity index (χ0v) is 6.55. The van der Waals surface area contributed by atoms with Crippen molar-refractivity contribution in [2.45, 2.75) is 0 Å². The number of anilines is 1. The third-order valence-electron chi connectivity index (χ3n) is 1.54. The van der Waals surface area contributed by atoms with Crippen LogP contribution in [0.3, 0.4) is 0 Å². The van der Waals surface area contributed by atoms with Gasteiger partial charge >= 0.3 is 0 Å².